The van der Waals surface area contributed by atoms with Gasteiger partial charge in [0.05, 0.1) is 6.42 Å². The average molecular weight is 314 g/mol. The SMILES string of the molecule is O=C(O)C/C(=C/c1cccc(Cl)c1)c1nc2ccccc2o1. The fourth-order valence-corrected chi connectivity index (χ4v) is 2.36. The highest BCUT2D eigenvalue weighted by atomic mass is 35.5. The molecule has 3 aromatic rings. The lowest BCUT2D eigenvalue weighted by Gasteiger charge is -2.01. The summed E-state index contributed by atoms with van der Waals surface area (Å²) in [5.74, 6) is -0.640. The molecule has 1 aromatic heterocycles. The van der Waals surface area contributed by atoms with Gasteiger partial charge in [0.2, 0.25) is 5.89 Å². The predicted molar refractivity (Wildman–Crippen MR) is 85.6 cm³/mol. The van der Waals surface area contributed by atoms with Crippen LogP contribution in [0.15, 0.2) is 52.9 Å². The third-order valence-electron chi connectivity index (χ3n) is 3.10. The monoisotopic (exact) mass is 313 g/mol. The molecule has 0 saturated heterocycles. The summed E-state index contributed by atoms with van der Waals surface area (Å²) in [4.78, 5) is 15.5. The quantitative estimate of drug-likeness (QED) is 0.770. The number of halogens is 1. The van der Waals surface area contributed by atoms with Crippen LogP contribution in [0.2, 0.25) is 5.02 Å². The maximum Gasteiger partial charge on any atom is 0.308 e. The normalized spacial score (nSPS) is 11.8. The zero-order valence-corrected chi connectivity index (χ0v) is 12.2. The van der Waals surface area contributed by atoms with Crippen molar-refractivity contribution in [2.24, 2.45) is 0 Å². The van der Waals surface area contributed by atoms with Crippen molar-refractivity contribution >= 4 is 40.3 Å². The minimum atomic E-state index is -0.949. The summed E-state index contributed by atoms with van der Waals surface area (Å²) in [6, 6.07) is 14.5. The lowest BCUT2D eigenvalue weighted by atomic mass is 10.1. The highest BCUT2D eigenvalue weighted by molar-refractivity contribution is 6.30. The summed E-state index contributed by atoms with van der Waals surface area (Å²) < 4.78 is 5.66. The molecule has 1 N–H and O–H groups in total. The van der Waals surface area contributed by atoms with Crippen molar-refractivity contribution in [1.82, 2.24) is 4.98 Å². The summed E-state index contributed by atoms with van der Waals surface area (Å²) in [6.45, 7) is 0. The van der Waals surface area contributed by atoms with Gasteiger partial charge in [-0.1, -0.05) is 35.9 Å². The lowest BCUT2D eigenvalue weighted by molar-refractivity contribution is -0.135. The van der Waals surface area contributed by atoms with E-state index in [-0.39, 0.29) is 6.42 Å². The molecule has 22 heavy (non-hydrogen) atoms. The van der Waals surface area contributed by atoms with Gasteiger partial charge in [-0.25, -0.2) is 4.98 Å². The van der Waals surface area contributed by atoms with Crippen LogP contribution in [0, 0.1) is 0 Å². The van der Waals surface area contributed by atoms with Gasteiger partial charge in [0.25, 0.3) is 0 Å². The molecule has 4 nitrogen and oxygen atoms in total. The van der Waals surface area contributed by atoms with Gasteiger partial charge in [0.1, 0.15) is 5.52 Å². The number of fused-ring (bicyclic) bond motifs is 1. The number of benzene rings is 2. The lowest BCUT2D eigenvalue weighted by Crippen LogP contribution is -1.97. The molecule has 0 atom stereocenters. The first-order valence-electron chi connectivity index (χ1n) is 6.66. The van der Waals surface area contributed by atoms with Gasteiger partial charge in [-0.05, 0) is 35.9 Å². The summed E-state index contributed by atoms with van der Waals surface area (Å²) in [6.07, 6.45) is 1.55. The highest BCUT2D eigenvalue weighted by Crippen LogP contribution is 2.26. The fraction of sp³-hybridized carbons (Fsp3) is 0.0588. The molecule has 2 aromatic carbocycles. The number of carbonyl (C=O) groups is 1. The second kappa shape index (κ2) is 6.03. The first-order chi connectivity index (χ1) is 10.6. The van der Waals surface area contributed by atoms with Gasteiger partial charge in [0.15, 0.2) is 5.58 Å². The second-order valence-corrected chi connectivity index (χ2v) is 5.22. The first kappa shape index (κ1) is 14.4. The van der Waals surface area contributed by atoms with Crippen molar-refractivity contribution in [3.05, 3.63) is 65.0 Å². The number of hydrogen-bond donors (Lipinski definition) is 1. The molecular weight excluding hydrogens is 302 g/mol. The summed E-state index contributed by atoms with van der Waals surface area (Å²) in [5, 5.41) is 9.70. The van der Waals surface area contributed by atoms with Crippen LogP contribution in [0.25, 0.3) is 22.7 Å². The van der Waals surface area contributed by atoms with Gasteiger partial charge in [-0.3, -0.25) is 4.79 Å². The van der Waals surface area contributed by atoms with Gasteiger partial charge < -0.3 is 9.52 Å². The number of aliphatic carboxylic acids is 1. The number of carboxylic acid groups (broad SMARTS) is 1. The standard InChI is InChI=1S/C17H12ClNO3/c18-13-5-3-4-11(9-13)8-12(10-16(20)21)17-19-14-6-1-2-7-15(14)22-17/h1-9H,10H2,(H,20,21)/b12-8-. The topological polar surface area (TPSA) is 63.3 Å². The number of carboxylic acids is 1. The molecule has 0 bridgehead atoms. The van der Waals surface area contributed by atoms with Crippen LogP contribution in [-0.4, -0.2) is 16.1 Å². The van der Waals surface area contributed by atoms with Crippen LogP contribution in [0.5, 0.6) is 0 Å². The third kappa shape index (κ3) is 3.18. The molecule has 0 radical (unpaired) electrons. The maximum atomic E-state index is 11.1. The van der Waals surface area contributed by atoms with Gasteiger partial charge >= 0.3 is 5.97 Å². The molecule has 0 spiro atoms. The molecule has 5 heteroatoms. The average Bonchev–Trinajstić information content (AvgIpc) is 2.90. The largest absolute Gasteiger partial charge is 0.481 e. The van der Waals surface area contributed by atoms with E-state index in [1.54, 1.807) is 30.3 Å². The predicted octanol–water partition coefficient (Wildman–Crippen LogP) is 4.50. The van der Waals surface area contributed by atoms with Crippen molar-refractivity contribution in [1.29, 1.82) is 0 Å². The van der Waals surface area contributed by atoms with Crippen molar-refractivity contribution in [3.63, 3.8) is 0 Å². The van der Waals surface area contributed by atoms with E-state index in [0.717, 1.165) is 5.56 Å². The third-order valence-corrected chi connectivity index (χ3v) is 3.33. The van der Waals surface area contributed by atoms with Crippen LogP contribution in [0.4, 0.5) is 0 Å². The number of oxazole rings is 1. The van der Waals surface area contributed by atoms with E-state index in [1.165, 1.54) is 0 Å². The molecule has 0 unspecified atom stereocenters. The Hall–Kier alpha value is -2.59. The van der Waals surface area contributed by atoms with Crippen LogP contribution in [-0.2, 0) is 4.79 Å². The minimum absolute atomic E-state index is 0.181. The van der Waals surface area contributed by atoms with Crippen molar-refractivity contribution < 1.29 is 14.3 Å². The zero-order chi connectivity index (χ0) is 15.5. The van der Waals surface area contributed by atoms with Crippen LogP contribution in [0.3, 0.4) is 0 Å². The van der Waals surface area contributed by atoms with E-state index < -0.39 is 5.97 Å². The van der Waals surface area contributed by atoms with E-state index in [9.17, 15) is 4.79 Å². The Bertz CT molecular complexity index is 834. The Morgan fingerprint density at radius 3 is 2.77 bits per heavy atom. The van der Waals surface area contributed by atoms with E-state index in [2.05, 4.69) is 4.98 Å². The fourth-order valence-electron chi connectivity index (χ4n) is 2.16. The Balaban J connectivity index is 2.07. The maximum absolute atomic E-state index is 11.1. The Kier molecular flexibility index (Phi) is 3.94. The first-order valence-corrected chi connectivity index (χ1v) is 7.03. The molecule has 110 valence electrons. The van der Waals surface area contributed by atoms with Crippen molar-refractivity contribution in [2.75, 3.05) is 0 Å². The Morgan fingerprint density at radius 2 is 2.05 bits per heavy atom. The number of rotatable bonds is 4. The van der Waals surface area contributed by atoms with E-state index in [4.69, 9.17) is 21.1 Å². The summed E-state index contributed by atoms with van der Waals surface area (Å²) >= 11 is 5.96. The van der Waals surface area contributed by atoms with Crippen LogP contribution >= 0.6 is 11.6 Å². The summed E-state index contributed by atoms with van der Waals surface area (Å²) in [5.41, 5.74) is 2.61. The molecular formula is C17H12ClNO3. The van der Waals surface area contributed by atoms with Crippen LogP contribution < -0.4 is 0 Å². The molecule has 3 rings (SSSR count). The molecule has 0 saturated carbocycles. The number of aromatic nitrogens is 1. The van der Waals surface area contributed by atoms with Gasteiger partial charge in [0, 0.05) is 10.6 Å². The molecule has 0 amide bonds. The Labute approximate surface area is 131 Å². The highest BCUT2D eigenvalue weighted by Gasteiger charge is 2.14. The Morgan fingerprint density at radius 1 is 1.23 bits per heavy atom. The summed E-state index contributed by atoms with van der Waals surface area (Å²) in [7, 11) is 0. The zero-order valence-electron chi connectivity index (χ0n) is 11.5. The van der Waals surface area contributed by atoms with Crippen LogP contribution in [0.1, 0.15) is 17.9 Å². The minimum Gasteiger partial charge on any atom is -0.481 e. The van der Waals surface area contributed by atoms with E-state index in [0.29, 0.717) is 27.6 Å². The molecule has 0 fully saturated rings. The second-order valence-electron chi connectivity index (χ2n) is 4.78. The van der Waals surface area contributed by atoms with Gasteiger partial charge in [-0.15, -0.1) is 0 Å². The van der Waals surface area contributed by atoms with E-state index >= 15 is 0 Å². The molecule has 0 aliphatic rings. The molecule has 0 aliphatic heterocycles. The number of para-hydroxylation sites is 2. The van der Waals surface area contributed by atoms with Gasteiger partial charge in [-0.2, -0.15) is 0 Å². The number of nitrogens with zero attached hydrogens (tertiary/aromatic N) is 1. The molecule has 0 aliphatic carbocycles. The van der Waals surface area contributed by atoms with E-state index in [1.807, 2.05) is 24.3 Å². The molecule has 1 heterocycles. The number of hydrogen-bond acceptors (Lipinski definition) is 3. The smallest absolute Gasteiger partial charge is 0.308 e. The van der Waals surface area contributed by atoms with Crippen molar-refractivity contribution in [2.45, 2.75) is 6.42 Å². The van der Waals surface area contributed by atoms with Crippen molar-refractivity contribution in [3.8, 4) is 0 Å².